The van der Waals surface area contributed by atoms with E-state index < -0.39 is 0 Å². The number of urea groups is 1. The maximum atomic E-state index is 11.8. The van der Waals surface area contributed by atoms with Gasteiger partial charge in [-0.15, -0.1) is 10.2 Å². The zero-order chi connectivity index (χ0) is 14.4. The van der Waals surface area contributed by atoms with Crippen molar-refractivity contribution in [3.8, 4) is 0 Å². The smallest absolute Gasteiger partial charge is 0.308 e. The van der Waals surface area contributed by atoms with Gasteiger partial charge >= 0.3 is 6.03 Å². The molecule has 106 valence electrons. The van der Waals surface area contributed by atoms with E-state index in [0.717, 1.165) is 15.8 Å². The average Bonchev–Trinajstić information content (AvgIpc) is 2.85. The van der Waals surface area contributed by atoms with Crippen molar-refractivity contribution in [1.82, 2.24) is 10.2 Å². The summed E-state index contributed by atoms with van der Waals surface area (Å²) in [5.74, 6) is 1.59. The van der Waals surface area contributed by atoms with Crippen LogP contribution in [0, 0.1) is 5.92 Å². The zero-order valence-electron chi connectivity index (χ0n) is 11.3. The van der Waals surface area contributed by atoms with Crippen molar-refractivity contribution in [2.24, 2.45) is 5.92 Å². The fraction of sp³-hybridized carbons (Fsp3) is 0.308. The summed E-state index contributed by atoms with van der Waals surface area (Å²) < 4.78 is 0.869. The van der Waals surface area contributed by atoms with Gasteiger partial charge in [0.15, 0.2) is 4.34 Å². The molecule has 0 saturated carbocycles. The molecule has 0 spiro atoms. The summed E-state index contributed by atoms with van der Waals surface area (Å²) in [5, 5.41) is 13.9. The Hall–Kier alpha value is -1.60. The van der Waals surface area contributed by atoms with Crippen LogP contribution < -0.4 is 10.6 Å². The highest BCUT2D eigenvalue weighted by molar-refractivity contribution is 8.01. The van der Waals surface area contributed by atoms with Crippen LogP contribution in [0.4, 0.5) is 15.6 Å². The molecule has 1 aromatic heterocycles. The number of nitrogens with zero attached hydrogens (tertiary/aromatic N) is 2. The van der Waals surface area contributed by atoms with Crippen LogP contribution in [0.3, 0.4) is 0 Å². The van der Waals surface area contributed by atoms with Crippen LogP contribution in [0.2, 0.25) is 0 Å². The largest absolute Gasteiger partial charge is 0.325 e. The summed E-state index contributed by atoms with van der Waals surface area (Å²) in [4.78, 5) is 11.8. The molecule has 0 saturated heterocycles. The average molecular weight is 308 g/mol. The molecular weight excluding hydrogens is 292 g/mol. The molecule has 2 amide bonds. The summed E-state index contributed by atoms with van der Waals surface area (Å²) in [6.07, 6.45) is 0. The molecular formula is C13H16N4OS2. The number of para-hydroxylation sites is 1. The molecule has 2 aromatic rings. The van der Waals surface area contributed by atoms with Gasteiger partial charge in [-0.25, -0.2) is 4.79 Å². The molecule has 0 aliphatic rings. The predicted octanol–water partition coefficient (Wildman–Crippen LogP) is 3.93. The lowest BCUT2D eigenvalue weighted by molar-refractivity contribution is 0.262. The first kappa shape index (κ1) is 14.8. The minimum Gasteiger partial charge on any atom is -0.308 e. The number of aromatic nitrogens is 2. The summed E-state index contributed by atoms with van der Waals surface area (Å²) in [5.41, 5.74) is 0.740. The van der Waals surface area contributed by atoms with E-state index in [2.05, 4.69) is 34.7 Å². The van der Waals surface area contributed by atoms with E-state index in [9.17, 15) is 4.79 Å². The van der Waals surface area contributed by atoms with Gasteiger partial charge in [-0.05, 0) is 18.1 Å². The maximum Gasteiger partial charge on any atom is 0.325 e. The van der Waals surface area contributed by atoms with Crippen LogP contribution in [0.5, 0.6) is 0 Å². The van der Waals surface area contributed by atoms with Gasteiger partial charge in [0.1, 0.15) is 0 Å². The van der Waals surface area contributed by atoms with Crippen molar-refractivity contribution in [2.75, 3.05) is 16.4 Å². The van der Waals surface area contributed by atoms with Gasteiger partial charge in [0.25, 0.3) is 0 Å². The Kier molecular flexibility index (Phi) is 5.37. The number of benzene rings is 1. The van der Waals surface area contributed by atoms with Gasteiger partial charge in [0.05, 0.1) is 0 Å². The minimum absolute atomic E-state index is 0.312. The Labute approximate surface area is 126 Å². The van der Waals surface area contributed by atoms with Crippen LogP contribution in [-0.4, -0.2) is 22.0 Å². The highest BCUT2D eigenvalue weighted by Crippen LogP contribution is 2.26. The molecule has 20 heavy (non-hydrogen) atoms. The second kappa shape index (κ2) is 7.25. The monoisotopic (exact) mass is 308 g/mol. The molecule has 0 unspecified atom stereocenters. The molecule has 0 bridgehead atoms. The summed E-state index contributed by atoms with van der Waals surface area (Å²) in [6, 6.07) is 8.95. The number of thioether (sulfide) groups is 1. The Morgan fingerprint density at radius 2 is 2.00 bits per heavy atom. The number of anilines is 2. The van der Waals surface area contributed by atoms with Gasteiger partial charge in [0, 0.05) is 11.4 Å². The van der Waals surface area contributed by atoms with E-state index >= 15 is 0 Å². The Balaban J connectivity index is 1.85. The van der Waals surface area contributed by atoms with Crippen LogP contribution >= 0.6 is 23.1 Å². The first-order valence-electron chi connectivity index (χ1n) is 6.23. The minimum atomic E-state index is -0.312. The molecule has 0 radical (unpaired) electrons. The van der Waals surface area contributed by atoms with Crippen molar-refractivity contribution in [3.05, 3.63) is 30.3 Å². The fourth-order valence-corrected chi connectivity index (χ4v) is 3.06. The molecule has 0 aliphatic carbocycles. The quantitative estimate of drug-likeness (QED) is 0.649. The van der Waals surface area contributed by atoms with E-state index in [-0.39, 0.29) is 6.03 Å². The van der Waals surface area contributed by atoms with Crippen molar-refractivity contribution in [3.63, 3.8) is 0 Å². The molecule has 7 heteroatoms. The number of rotatable bonds is 5. The van der Waals surface area contributed by atoms with Gasteiger partial charge in [0.2, 0.25) is 5.13 Å². The lowest BCUT2D eigenvalue weighted by Gasteiger charge is -2.04. The molecule has 0 aliphatic heterocycles. The highest BCUT2D eigenvalue weighted by atomic mass is 32.2. The van der Waals surface area contributed by atoms with Crippen LogP contribution in [-0.2, 0) is 0 Å². The third-order valence-electron chi connectivity index (χ3n) is 2.20. The zero-order valence-corrected chi connectivity index (χ0v) is 12.9. The SMILES string of the molecule is CC(C)CSc1nnc(NC(=O)Nc2ccccc2)s1. The first-order valence-corrected chi connectivity index (χ1v) is 8.03. The fourth-order valence-electron chi connectivity index (χ4n) is 1.34. The molecule has 5 nitrogen and oxygen atoms in total. The normalized spacial score (nSPS) is 10.6. The predicted molar refractivity (Wildman–Crippen MR) is 84.6 cm³/mol. The molecule has 0 fully saturated rings. The second-order valence-electron chi connectivity index (χ2n) is 4.52. The van der Waals surface area contributed by atoms with Crippen molar-refractivity contribution >= 4 is 39.9 Å². The van der Waals surface area contributed by atoms with Crippen LogP contribution in [0.25, 0.3) is 0 Å². The number of carbonyl (C=O) groups is 1. The Bertz CT molecular complexity index is 557. The third-order valence-corrected chi connectivity index (χ3v) is 4.60. The Morgan fingerprint density at radius 1 is 1.25 bits per heavy atom. The summed E-state index contributed by atoms with van der Waals surface area (Å²) in [6.45, 7) is 4.31. The first-order chi connectivity index (χ1) is 9.63. The van der Waals surface area contributed by atoms with Crippen molar-refractivity contribution < 1.29 is 4.79 Å². The van der Waals surface area contributed by atoms with E-state index in [0.29, 0.717) is 11.0 Å². The molecule has 1 aromatic carbocycles. The van der Waals surface area contributed by atoms with Gasteiger partial charge in [-0.1, -0.05) is 55.1 Å². The number of hydrogen-bond acceptors (Lipinski definition) is 5. The summed E-state index contributed by atoms with van der Waals surface area (Å²) >= 11 is 3.04. The van der Waals surface area contributed by atoms with E-state index in [1.54, 1.807) is 11.8 Å². The summed E-state index contributed by atoms with van der Waals surface area (Å²) in [7, 11) is 0. The number of amides is 2. The van der Waals surface area contributed by atoms with Gasteiger partial charge < -0.3 is 5.32 Å². The Morgan fingerprint density at radius 3 is 2.70 bits per heavy atom. The second-order valence-corrected chi connectivity index (χ2v) is 6.77. The molecule has 0 atom stereocenters. The third kappa shape index (κ3) is 4.82. The topological polar surface area (TPSA) is 66.9 Å². The number of nitrogens with one attached hydrogen (secondary N) is 2. The lowest BCUT2D eigenvalue weighted by atomic mass is 10.3. The number of hydrogen-bond donors (Lipinski definition) is 2. The van der Waals surface area contributed by atoms with Crippen LogP contribution in [0.1, 0.15) is 13.8 Å². The standard InChI is InChI=1S/C13H16N4OS2/c1-9(2)8-19-13-17-16-12(20-13)15-11(18)14-10-6-4-3-5-7-10/h3-7,9H,8H2,1-2H3,(H2,14,15,16,18). The van der Waals surface area contributed by atoms with E-state index in [4.69, 9.17) is 0 Å². The van der Waals surface area contributed by atoms with Crippen molar-refractivity contribution in [1.29, 1.82) is 0 Å². The lowest BCUT2D eigenvalue weighted by Crippen LogP contribution is -2.19. The van der Waals surface area contributed by atoms with Gasteiger partial charge in [-0.2, -0.15) is 0 Å². The van der Waals surface area contributed by atoms with Gasteiger partial charge in [-0.3, -0.25) is 5.32 Å². The van der Waals surface area contributed by atoms with E-state index in [1.807, 2.05) is 30.3 Å². The molecule has 2 N–H and O–H groups in total. The highest BCUT2D eigenvalue weighted by Gasteiger charge is 2.09. The molecule has 2 rings (SSSR count). The van der Waals surface area contributed by atoms with Crippen molar-refractivity contribution in [2.45, 2.75) is 18.2 Å². The van der Waals surface area contributed by atoms with Crippen LogP contribution in [0.15, 0.2) is 34.7 Å². The maximum absolute atomic E-state index is 11.8. The molecule has 1 heterocycles. The number of carbonyl (C=O) groups excluding carboxylic acids is 1. The van der Waals surface area contributed by atoms with E-state index in [1.165, 1.54) is 11.3 Å².